The summed E-state index contributed by atoms with van der Waals surface area (Å²) in [6.07, 6.45) is 7.45. The lowest BCUT2D eigenvalue weighted by molar-refractivity contribution is 0.500. The van der Waals surface area contributed by atoms with Gasteiger partial charge in [-0.2, -0.15) is 9.40 Å². The van der Waals surface area contributed by atoms with Crippen LogP contribution >= 0.6 is 0 Å². The van der Waals surface area contributed by atoms with E-state index in [9.17, 15) is 8.42 Å². The first kappa shape index (κ1) is 14.1. The molecule has 0 radical (unpaired) electrons. The van der Waals surface area contributed by atoms with Gasteiger partial charge in [-0.05, 0) is 19.8 Å². The van der Waals surface area contributed by atoms with E-state index < -0.39 is 10.0 Å². The SMILES string of the molecule is C#CCN(C)S(=O)(=O)c1c(CNC2CC2)n[nH]c1C. The van der Waals surface area contributed by atoms with Gasteiger partial charge in [-0.25, -0.2) is 8.42 Å². The molecule has 0 aliphatic heterocycles. The van der Waals surface area contributed by atoms with Crippen molar-refractivity contribution in [3.8, 4) is 12.3 Å². The highest BCUT2D eigenvalue weighted by Crippen LogP contribution is 2.23. The minimum absolute atomic E-state index is 0.0441. The van der Waals surface area contributed by atoms with Gasteiger partial charge < -0.3 is 5.32 Å². The molecule has 0 amide bonds. The Kier molecular flexibility index (Phi) is 3.94. The third-order valence-electron chi connectivity index (χ3n) is 3.08. The van der Waals surface area contributed by atoms with Crippen LogP contribution < -0.4 is 5.32 Å². The van der Waals surface area contributed by atoms with Crippen LogP contribution in [0.3, 0.4) is 0 Å². The summed E-state index contributed by atoms with van der Waals surface area (Å²) < 4.78 is 26.0. The van der Waals surface area contributed by atoms with Crippen molar-refractivity contribution in [1.29, 1.82) is 0 Å². The van der Waals surface area contributed by atoms with Crippen molar-refractivity contribution < 1.29 is 8.42 Å². The number of aryl methyl sites for hydroxylation is 1. The van der Waals surface area contributed by atoms with Crippen LogP contribution in [-0.2, 0) is 16.6 Å². The summed E-state index contributed by atoms with van der Waals surface area (Å²) >= 11 is 0. The van der Waals surface area contributed by atoms with E-state index in [-0.39, 0.29) is 11.4 Å². The average molecular weight is 282 g/mol. The topological polar surface area (TPSA) is 78.1 Å². The highest BCUT2D eigenvalue weighted by Gasteiger charge is 2.29. The molecule has 1 heterocycles. The van der Waals surface area contributed by atoms with Gasteiger partial charge in [-0.3, -0.25) is 5.10 Å². The zero-order valence-corrected chi connectivity index (χ0v) is 11.9. The largest absolute Gasteiger partial charge is 0.308 e. The van der Waals surface area contributed by atoms with Crippen molar-refractivity contribution >= 4 is 10.0 Å². The van der Waals surface area contributed by atoms with Crippen molar-refractivity contribution in [2.24, 2.45) is 0 Å². The number of terminal acetylenes is 1. The fourth-order valence-electron chi connectivity index (χ4n) is 1.83. The summed E-state index contributed by atoms with van der Waals surface area (Å²) in [5.74, 6) is 2.34. The average Bonchev–Trinajstić information content (AvgIpc) is 3.10. The fourth-order valence-corrected chi connectivity index (χ4v) is 3.23. The van der Waals surface area contributed by atoms with Crippen molar-refractivity contribution in [2.75, 3.05) is 13.6 Å². The zero-order valence-electron chi connectivity index (χ0n) is 11.1. The van der Waals surface area contributed by atoms with Crippen LogP contribution in [0.15, 0.2) is 4.90 Å². The third-order valence-corrected chi connectivity index (χ3v) is 5.09. The van der Waals surface area contributed by atoms with Crippen LogP contribution in [-0.4, -0.2) is 42.6 Å². The van der Waals surface area contributed by atoms with E-state index >= 15 is 0 Å². The number of hydrogen-bond acceptors (Lipinski definition) is 4. The Morgan fingerprint density at radius 2 is 2.26 bits per heavy atom. The lowest BCUT2D eigenvalue weighted by Gasteiger charge is -2.15. The molecule has 6 nitrogen and oxygen atoms in total. The Morgan fingerprint density at radius 1 is 1.58 bits per heavy atom. The first-order valence-electron chi connectivity index (χ1n) is 6.14. The molecule has 104 valence electrons. The molecule has 7 heteroatoms. The number of aromatic nitrogens is 2. The van der Waals surface area contributed by atoms with Crippen LogP contribution in [0.2, 0.25) is 0 Å². The molecule has 0 spiro atoms. The maximum absolute atomic E-state index is 12.4. The van der Waals surface area contributed by atoms with E-state index in [0.717, 1.165) is 17.1 Å². The second-order valence-electron chi connectivity index (χ2n) is 4.74. The number of aromatic amines is 1. The van der Waals surface area contributed by atoms with E-state index in [1.54, 1.807) is 6.92 Å². The Bertz CT molecular complexity index is 596. The first-order valence-corrected chi connectivity index (χ1v) is 7.58. The summed E-state index contributed by atoms with van der Waals surface area (Å²) in [7, 11) is -2.12. The van der Waals surface area contributed by atoms with Crippen molar-refractivity contribution in [3.63, 3.8) is 0 Å². The van der Waals surface area contributed by atoms with Crippen LogP contribution in [0, 0.1) is 19.3 Å². The highest BCUT2D eigenvalue weighted by molar-refractivity contribution is 7.89. The minimum Gasteiger partial charge on any atom is -0.308 e. The molecule has 1 aromatic heterocycles. The van der Waals surface area contributed by atoms with E-state index in [1.807, 2.05) is 0 Å². The molecule has 1 aromatic rings. The normalized spacial score (nSPS) is 15.7. The fraction of sp³-hybridized carbons (Fsp3) is 0.583. The monoisotopic (exact) mass is 282 g/mol. The summed E-state index contributed by atoms with van der Waals surface area (Å²) in [6, 6.07) is 0.496. The second-order valence-corrected chi connectivity index (χ2v) is 6.73. The Labute approximate surface area is 113 Å². The molecule has 19 heavy (non-hydrogen) atoms. The quantitative estimate of drug-likeness (QED) is 0.732. The molecule has 2 N–H and O–H groups in total. The Hall–Kier alpha value is -1.36. The maximum Gasteiger partial charge on any atom is 0.247 e. The molecule has 0 aromatic carbocycles. The van der Waals surface area contributed by atoms with Gasteiger partial charge in [0.15, 0.2) is 0 Å². The van der Waals surface area contributed by atoms with Crippen LogP contribution in [0.5, 0.6) is 0 Å². The molecular formula is C12H18N4O2S. The molecule has 0 bridgehead atoms. The molecule has 1 saturated carbocycles. The van der Waals surface area contributed by atoms with Crippen molar-refractivity contribution in [1.82, 2.24) is 19.8 Å². The number of nitrogens with one attached hydrogen (secondary N) is 2. The van der Waals surface area contributed by atoms with Crippen LogP contribution in [0.25, 0.3) is 0 Å². The molecule has 1 fully saturated rings. The zero-order chi connectivity index (χ0) is 14.0. The Balaban J connectivity index is 2.26. The van der Waals surface area contributed by atoms with Gasteiger partial charge in [0.2, 0.25) is 10.0 Å². The third kappa shape index (κ3) is 2.97. The Morgan fingerprint density at radius 3 is 2.84 bits per heavy atom. The van der Waals surface area contributed by atoms with E-state index in [2.05, 4.69) is 21.4 Å². The molecule has 1 aliphatic carbocycles. The number of nitrogens with zero attached hydrogens (tertiary/aromatic N) is 2. The lowest BCUT2D eigenvalue weighted by atomic mass is 10.3. The minimum atomic E-state index is -3.59. The van der Waals surface area contributed by atoms with Gasteiger partial charge in [0.1, 0.15) is 4.90 Å². The lowest BCUT2D eigenvalue weighted by Crippen LogP contribution is -2.29. The predicted octanol–water partition coefficient (Wildman–Crippen LogP) is 0.224. The van der Waals surface area contributed by atoms with Gasteiger partial charge in [0, 0.05) is 19.6 Å². The summed E-state index contributed by atoms with van der Waals surface area (Å²) in [5.41, 5.74) is 1.06. The number of hydrogen-bond donors (Lipinski definition) is 2. The number of rotatable bonds is 6. The van der Waals surface area contributed by atoms with Crippen LogP contribution in [0.1, 0.15) is 24.2 Å². The van der Waals surface area contributed by atoms with Gasteiger partial charge in [0.05, 0.1) is 17.9 Å². The molecular weight excluding hydrogens is 264 g/mol. The van der Waals surface area contributed by atoms with Gasteiger partial charge >= 0.3 is 0 Å². The predicted molar refractivity (Wildman–Crippen MR) is 71.8 cm³/mol. The van der Waals surface area contributed by atoms with E-state index in [4.69, 9.17) is 6.42 Å². The summed E-state index contributed by atoms with van der Waals surface area (Å²) in [4.78, 5) is 0.235. The van der Waals surface area contributed by atoms with E-state index in [0.29, 0.717) is 24.0 Å². The molecule has 1 aliphatic rings. The van der Waals surface area contributed by atoms with Crippen molar-refractivity contribution in [3.05, 3.63) is 11.4 Å². The van der Waals surface area contributed by atoms with Gasteiger partial charge in [-0.15, -0.1) is 6.42 Å². The molecule has 0 unspecified atom stereocenters. The highest BCUT2D eigenvalue weighted by atomic mass is 32.2. The standard InChI is InChI=1S/C12H18N4O2S/c1-4-7-16(3)19(17,18)12-9(2)14-15-11(12)8-13-10-5-6-10/h1,10,13H,5-8H2,2-3H3,(H,14,15). The van der Waals surface area contributed by atoms with Crippen LogP contribution in [0.4, 0.5) is 0 Å². The van der Waals surface area contributed by atoms with E-state index in [1.165, 1.54) is 7.05 Å². The number of H-pyrrole nitrogens is 1. The second kappa shape index (κ2) is 5.33. The smallest absolute Gasteiger partial charge is 0.247 e. The van der Waals surface area contributed by atoms with Crippen molar-refractivity contribution in [2.45, 2.75) is 37.2 Å². The summed E-state index contributed by atoms with van der Waals surface area (Å²) in [6.45, 7) is 2.19. The first-order chi connectivity index (χ1) is 8.96. The summed E-state index contributed by atoms with van der Waals surface area (Å²) in [5, 5.41) is 10.1. The maximum atomic E-state index is 12.4. The molecule has 2 rings (SSSR count). The molecule has 0 atom stereocenters. The van der Waals surface area contributed by atoms with Gasteiger partial charge in [0.25, 0.3) is 0 Å². The number of sulfonamides is 1. The molecule has 0 saturated heterocycles. The van der Waals surface area contributed by atoms with Gasteiger partial charge in [-0.1, -0.05) is 5.92 Å².